The second-order valence-corrected chi connectivity index (χ2v) is 8.18. The van der Waals surface area contributed by atoms with Crippen LogP contribution >= 0.6 is 0 Å². The van der Waals surface area contributed by atoms with Crippen LogP contribution in [0.3, 0.4) is 0 Å². The van der Waals surface area contributed by atoms with E-state index in [-0.39, 0.29) is 12.4 Å². The molecule has 0 aromatic rings. The number of rotatable bonds is 11. The molecule has 2 unspecified atom stereocenters. The molecule has 0 saturated heterocycles. The molecule has 0 rings (SSSR count). The molecule has 0 aliphatic rings. The molecule has 112 valence electrons. The lowest BCUT2D eigenvalue weighted by molar-refractivity contribution is -0.116. The molecule has 0 aromatic heterocycles. The van der Waals surface area contributed by atoms with Gasteiger partial charge in [-0.2, -0.15) is 0 Å². The first-order valence-corrected chi connectivity index (χ1v) is 9.41. The smallest absolute Gasteiger partial charge is 0.364 e. The minimum absolute atomic E-state index is 0.00380. The van der Waals surface area contributed by atoms with E-state index in [0.29, 0.717) is 25.0 Å². The van der Waals surface area contributed by atoms with Crippen molar-refractivity contribution in [1.82, 2.24) is 0 Å². The first-order valence-electron chi connectivity index (χ1n) is 7.02. The fourth-order valence-corrected chi connectivity index (χ4v) is 4.02. The van der Waals surface area contributed by atoms with Gasteiger partial charge < -0.3 is 14.0 Å². The lowest BCUT2D eigenvalue weighted by Crippen LogP contribution is -2.51. The number of carbonyl (C=O) groups is 1. The third-order valence-corrected chi connectivity index (χ3v) is 6.20. The number of hydrogen-bond acceptors (Lipinski definition) is 4. The molecule has 0 aliphatic heterocycles. The van der Waals surface area contributed by atoms with Gasteiger partial charge in [0, 0.05) is 19.6 Å². The van der Waals surface area contributed by atoms with E-state index in [9.17, 15) is 9.90 Å². The highest BCUT2D eigenvalue weighted by Gasteiger charge is 2.39. The Morgan fingerprint density at radius 1 is 1.37 bits per heavy atom. The average molecular weight is 288 g/mol. The van der Waals surface area contributed by atoms with E-state index in [0.717, 1.165) is 12.8 Å². The van der Waals surface area contributed by atoms with Crippen LogP contribution in [-0.2, 0) is 13.6 Å². The molecule has 0 radical (unpaired) electrons. The van der Waals surface area contributed by atoms with Gasteiger partial charge in [0.2, 0.25) is 0 Å². The predicted molar refractivity (Wildman–Crippen MR) is 79.2 cm³/mol. The zero-order chi connectivity index (χ0) is 14.9. The molecule has 2 atom stereocenters. The van der Waals surface area contributed by atoms with Crippen molar-refractivity contribution in [1.29, 1.82) is 0 Å². The Morgan fingerprint density at radius 2 is 2.00 bits per heavy atom. The summed E-state index contributed by atoms with van der Waals surface area (Å²) >= 11 is 0. The normalized spacial score (nSPS) is 15.8. The molecule has 5 heteroatoms. The zero-order valence-corrected chi connectivity index (χ0v) is 13.7. The largest absolute Gasteiger partial charge is 0.393 e. The van der Waals surface area contributed by atoms with Gasteiger partial charge in [-0.05, 0) is 32.4 Å². The Morgan fingerprint density at radius 3 is 2.47 bits per heavy atom. The number of ketones is 1. The summed E-state index contributed by atoms with van der Waals surface area (Å²) in [4.78, 5) is 11.5. The molecule has 0 spiro atoms. The van der Waals surface area contributed by atoms with E-state index in [4.69, 9.17) is 8.85 Å². The van der Waals surface area contributed by atoms with E-state index >= 15 is 0 Å². The van der Waals surface area contributed by atoms with Gasteiger partial charge in [0.1, 0.15) is 0 Å². The van der Waals surface area contributed by atoms with E-state index in [1.807, 2.05) is 13.5 Å². The summed E-state index contributed by atoms with van der Waals surface area (Å²) in [7, 11) is -2.62. The van der Waals surface area contributed by atoms with E-state index in [1.165, 1.54) is 0 Å². The van der Waals surface area contributed by atoms with Crippen molar-refractivity contribution in [3.8, 4) is 0 Å². The lowest BCUT2D eigenvalue weighted by Gasteiger charge is -2.31. The standard InChI is InChI=1S/C14H28O4Si/c1-6-8-9-14(16)19(5,17-7-2)18-11-10-13(15)12(3)4/h14,16H,3,6-11H2,1-2,4-5H3. The van der Waals surface area contributed by atoms with Gasteiger partial charge in [-0.15, -0.1) is 0 Å². The van der Waals surface area contributed by atoms with Crippen LogP contribution in [-0.4, -0.2) is 38.4 Å². The number of Topliss-reactive ketones (excluding diaryl/α,β-unsaturated/α-hetero) is 1. The molecule has 0 heterocycles. The molecular weight excluding hydrogens is 260 g/mol. The SMILES string of the molecule is C=C(C)C(=O)CCO[Si](C)(OCC)C(O)CCCC. The maximum atomic E-state index is 11.5. The molecule has 0 aliphatic carbocycles. The summed E-state index contributed by atoms with van der Waals surface area (Å²) in [6, 6.07) is 0. The Bertz CT molecular complexity index is 293. The molecule has 1 N–H and O–H groups in total. The van der Waals surface area contributed by atoms with Crippen molar-refractivity contribution >= 4 is 14.3 Å². The number of aliphatic hydroxyl groups is 1. The molecule has 4 nitrogen and oxygen atoms in total. The van der Waals surface area contributed by atoms with Gasteiger partial charge in [-0.1, -0.05) is 26.3 Å². The maximum Gasteiger partial charge on any atom is 0.364 e. The van der Waals surface area contributed by atoms with Crippen LogP contribution in [0.4, 0.5) is 0 Å². The first kappa shape index (κ1) is 18.5. The number of aliphatic hydroxyl groups excluding tert-OH is 1. The summed E-state index contributed by atoms with van der Waals surface area (Å²) in [5.74, 6) is -0.00380. The van der Waals surface area contributed by atoms with Crippen LogP contribution in [0.5, 0.6) is 0 Å². The van der Waals surface area contributed by atoms with Gasteiger partial charge >= 0.3 is 8.56 Å². The third kappa shape index (κ3) is 7.01. The van der Waals surface area contributed by atoms with Crippen molar-refractivity contribution in [3.63, 3.8) is 0 Å². The van der Waals surface area contributed by atoms with Crippen molar-refractivity contribution < 1.29 is 18.8 Å². The van der Waals surface area contributed by atoms with Crippen molar-refractivity contribution in [2.24, 2.45) is 0 Å². The quantitative estimate of drug-likeness (QED) is 0.469. The highest BCUT2D eigenvalue weighted by molar-refractivity contribution is 6.67. The highest BCUT2D eigenvalue weighted by Crippen LogP contribution is 2.18. The van der Waals surface area contributed by atoms with Gasteiger partial charge in [-0.25, -0.2) is 0 Å². The monoisotopic (exact) mass is 288 g/mol. The van der Waals surface area contributed by atoms with Gasteiger partial charge in [0.05, 0.1) is 5.73 Å². The summed E-state index contributed by atoms with van der Waals surface area (Å²) in [6.45, 7) is 11.9. The highest BCUT2D eigenvalue weighted by atomic mass is 28.4. The topological polar surface area (TPSA) is 55.8 Å². The molecule has 0 bridgehead atoms. The molecule has 0 saturated carbocycles. The summed E-state index contributed by atoms with van der Waals surface area (Å²) in [6.07, 6.45) is 2.96. The second-order valence-electron chi connectivity index (χ2n) is 4.91. The van der Waals surface area contributed by atoms with E-state index in [2.05, 4.69) is 13.5 Å². The minimum atomic E-state index is -2.62. The summed E-state index contributed by atoms with van der Waals surface area (Å²) in [5.41, 5.74) is -0.0118. The fourth-order valence-electron chi connectivity index (χ4n) is 1.74. The van der Waals surface area contributed by atoms with Crippen molar-refractivity contribution in [3.05, 3.63) is 12.2 Å². The Hall–Kier alpha value is -0.493. The predicted octanol–water partition coefficient (Wildman–Crippen LogP) is 2.74. The first-order chi connectivity index (χ1) is 8.87. The third-order valence-electron chi connectivity index (χ3n) is 3.06. The summed E-state index contributed by atoms with van der Waals surface area (Å²) < 4.78 is 11.4. The van der Waals surface area contributed by atoms with Crippen molar-refractivity contribution in [2.45, 2.75) is 58.7 Å². The summed E-state index contributed by atoms with van der Waals surface area (Å²) in [5, 5.41) is 10.2. The number of hydrogen-bond donors (Lipinski definition) is 1. The molecule has 0 amide bonds. The minimum Gasteiger partial charge on any atom is -0.393 e. The van der Waals surface area contributed by atoms with Crippen LogP contribution in [0, 0.1) is 0 Å². The van der Waals surface area contributed by atoms with Crippen LogP contribution in [0.1, 0.15) is 46.5 Å². The van der Waals surface area contributed by atoms with E-state index < -0.39 is 14.3 Å². The molecule has 0 aromatic carbocycles. The van der Waals surface area contributed by atoms with E-state index in [1.54, 1.807) is 6.92 Å². The maximum absolute atomic E-state index is 11.5. The zero-order valence-electron chi connectivity index (χ0n) is 12.7. The van der Waals surface area contributed by atoms with Crippen LogP contribution < -0.4 is 0 Å². The number of carbonyl (C=O) groups excluding carboxylic acids is 1. The molecular formula is C14H28O4Si. The fraction of sp³-hybridized carbons (Fsp3) is 0.786. The molecule has 19 heavy (non-hydrogen) atoms. The van der Waals surface area contributed by atoms with Gasteiger partial charge in [0.15, 0.2) is 5.78 Å². The van der Waals surface area contributed by atoms with Gasteiger partial charge in [-0.3, -0.25) is 4.79 Å². The van der Waals surface area contributed by atoms with Crippen LogP contribution in [0.2, 0.25) is 6.55 Å². The van der Waals surface area contributed by atoms with Crippen LogP contribution in [0.15, 0.2) is 12.2 Å². The Labute approximate surface area is 118 Å². The lowest BCUT2D eigenvalue weighted by atomic mass is 10.2. The van der Waals surface area contributed by atoms with Crippen LogP contribution in [0.25, 0.3) is 0 Å². The Balaban J connectivity index is 4.36. The second kappa shape index (κ2) is 9.42. The molecule has 0 fully saturated rings. The van der Waals surface area contributed by atoms with Crippen molar-refractivity contribution in [2.75, 3.05) is 13.2 Å². The van der Waals surface area contributed by atoms with Gasteiger partial charge in [0.25, 0.3) is 0 Å². The Kier molecular flexibility index (Phi) is 9.17. The average Bonchev–Trinajstić information content (AvgIpc) is 2.35. The number of unbranched alkanes of at least 4 members (excludes halogenated alkanes) is 1. The number of allylic oxidation sites excluding steroid dienone is 1.